The fourth-order valence-corrected chi connectivity index (χ4v) is 4.86. The molecule has 208 valence electrons. The van der Waals surface area contributed by atoms with Crippen LogP contribution in [0.3, 0.4) is 0 Å². The Morgan fingerprint density at radius 2 is 1.73 bits per heavy atom. The molecule has 3 N–H and O–H groups in total. The highest BCUT2D eigenvalue weighted by Crippen LogP contribution is 2.38. The molecule has 41 heavy (non-hydrogen) atoms. The summed E-state index contributed by atoms with van der Waals surface area (Å²) in [5, 5.41) is 16.4. The van der Waals surface area contributed by atoms with Gasteiger partial charge in [0.2, 0.25) is 0 Å². The Bertz CT molecular complexity index is 1730. The van der Waals surface area contributed by atoms with Crippen LogP contribution in [0.4, 0.5) is 30.4 Å². The van der Waals surface area contributed by atoms with Gasteiger partial charge < -0.3 is 15.7 Å². The number of anilines is 3. The molecule has 0 aliphatic rings. The summed E-state index contributed by atoms with van der Waals surface area (Å²) in [6.45, 7) is 4.08. The third-order valence-electron chi connectivity index (χ3n) is 6.12. The van der Waals surface area contributed by atoms with E-state index < -0.39 is 17.6 Å². The van der Waals surface area contributed by atoms with Crippen molar-refractivity contribution < 1.29 is 23.1 Å². The number of hydrogen-bond donors (Lipinski definition) is 3. The number of aromatic nitrogens is 3. The maximum Gasteiger partial charge on any atom is 0.416 e. The van der Waals surface area contributed by atoms with Gasteiger partial charge in [-0.2, -0.15) is 13.2 Å². The van der Waals surface area contributed by atoms with Gasteiger partial charge in [-0.05, 0) is 78.7 Å². The largest absolute Gasteiger partial charge is 0.508 e. The van der Waals surface area contributed by atoms with Gasteiger partial charge in [-0.3, -0.25) is 4.79 Å². The van der Waals surface area contributed by atoms with E-state index in [1.807, 2.05) is 26.0 Å². The van der Waals surface area contributed by atoms with Crippen LogP contribution in [0.1, 0.15) is 41.4 Å². The highest BCUT2D eigenvalue weighted by Gasteiger charge is 2.31. The summed E-state index contributed by atoms with van der Waals surface area (Å²) in [6, 6.07) is 19.9. The van der Waals surface area contributed by atoms with Gasteiger partial charge in [-0.15, -0.1) is 0 Å². The van der Waals surface area contributed by atoms with Crippen molar-refractivity contribution in [2.75, 3.05) is 10.6 Å². The van der Waals surface area contributed by atoms with Crippen LogP contribution < -0.4 is 10.6 Å². The normalized spacial score (nSPS) is 11.6. The number of phenolic OH excluding ortho intramolecular Hbond substituents is 1. The summed E-state index contributed by atoms with van der Waals surface area (Å²) in [7, 11) is 0. The zero-order valence-electron chi connectivity index (χ0n) is 21.9. The average Bonchev–Trinajstić information content (AvgIpc) is 2.95. The Balaban J connectivity index is 1.50. The summed E-state index contributed by atoms with van der Waals surface area (Å²) in [5.74, 6) is 0.169. The first-order valence-electron chi connectivity index (χ1n) is 12.5. The Kier molecular flexibility index (Phi) is 7.80. The molecule has 7 nitrogen and oxygen atoms in total. The van der Waals surface area contributed by atoms with Crippen molar-refractivity contribution in [2.24, 2.45) is 0 Å². The molecular weight excluding hydrogens is 551 g/mol. The van der Waals surface area contributed by atoms with Crippen LogP contribution in [-0.2, 0) is 6.18 Å². The fourth-order valence-electron chi connectivity index (χ4n) is 3.98. The standard InChI is InChI=1S/C30H24F3N5O2S/c1-17(2)24-12-11-23-27(37-24)34-16-35-28(23)38-25-15-20(6-13-26(25)41-22-9-7-21(39)8-10-22)36-29(40)18-4-3-5-19(14-18)30(31,32)33/h3-17,39H,1-2H3,(H,36,40)(H,34,35,37,38). The number of carbonyl (C=O) groups excluding carboxylic acids is 1. The summed E-state index contributed by atoms with van der Waals surface area (Å²) < 4.78 is 39.5. The number of hydrogen-bond acceptors (Lipinski definition) is 7. The van der Waals surface area contributed by atoms with Gasteiger partial charge in [0.05, 0.1) is 16.6 Å². The number of fused-ring (bicyclic) bond motifs is 1. The number of alkyl halides is 3. The third-order valence-corrected chi connectivity index (χ3v) is 7.20. The summed E-state index contributed by atoms with van der Waals surface area (Å²) >= 11 is 1.41. The predicted molar refractivity (Wildman–Crippen MR) is 153 cm³/mol. The molecule has 0 aliphatic heterocycles. The topological polar surface area (TPSA) is 100 Å². The quantitative estimate of drug-likeness (QED) is 0.181. The molecule has 0 fully saturated rings. The molecule has 5 aromatic rings. The lowest BCUT2D eigenvalue weighted by Gasteiger charge is -2.15. The second-order valence-corrected chi connectivity index (χ2v) is 10.6. The van der Waals surface area contributed by atoms with Gasteiger partial charge in [0.15, 0.2) is 5.65 Å². The van der Waals surface area contributed by atoms with E-state index >= 15 is 0 Å². The molecule has 0 saturated heterocycles. The minimum absolute atomic E-state index is 0.120. The maximum absolute atomic E-state index is 13.2. The summed E-state index contributed by atoms with van der Waals surface area (Å²) in [4.78, 5) is 27.8. The lowest BCUT2D eigenvalue weighted by molar-refractivity contribution is -0.137. The van der Waals surface area contributed by atoms with Crippen LogP contribution in [0, 0.1) is 0 Å². The van der Waals surface area contributed by atoms with Crippen molar-refractivity contribution in [3.63, 3.8) is 0 Å². The number of nitrogens with zero attached hydrogens (tertiary/aromatic N) is 3. The minimum atomic E-state index is -4.56. The van der Waals surface area contributed by atoms with Crippen molar-refractivity contribution in [1.82, 2.24) is 15.0 Å². The second-order valence-electron chi connectivity index (χ2n) is 9.45. The van der Waals surface area contributed by atoms with E-state index in [4.69, 9.17) is 0 Å². The molecule has 0 atom stereocenters. The smallest absolute Gasteiger partial charge is 0.416 e. The van der Waals surface area contributed by atoms with Crippen LogP contribution >= 0.6 is 11.8 Å². The van der Waals surface area contributed by atoms with E-state index in [0.29, 0.717) is 28.2 Å². The zero-order chi connectivity index (χ0) is 29.1. The summed E-state index contributed by atoms with van der Waals surface area (Å²) in [5.41, 5.74) is 1.34. The van der Waals surface area contributed by atoms with E-state index in [1.54, 1.807) is 42.5 Å². The number of phenols is 1. The lowest BCUT2D eigenvalue weighted by atomic mass is 10.1. The molecule has 0 unspecified atom stereocenters. The van der Waals surface area contributed by atoms with Gasteiger partial charge in [-0.1, -0.05) is 31.7 Å². The average molecular weight is 576 g/mol. The summed E-state index contributed by atoms with van der Waals surface area (Å²) in [6.07, 6.45) is -3.15. The number of nitrogens with one attached hydrogen (secondary N) is 2. The zero-order valence-corrected chi connectivity index (χ0v) is 22.7. The number of aromatic hydroxyl groups is 1. The second kappa shape index (κ2) is 11.5. The first-order valence-corrected chi connectivity index (χ1v) is 13.4. The first-order chi connectivity index (χ1) is 19.6. The van der Waals surface area contributed by atoms with Gasteiger partial charge in [0, 0.05) is 26.7 Å². The Morgan fingerprint density at radius 3 is 2.46 bits per heavy atom. The molecule has 5 rings (SSSR count). The van der Waals surface area contributed by atoms with E-state index in [9.17, 15) is 23.1 Å². The number of carbonyl (C=O) groups is 1. The molecule has 0 aliphatic carbocycles. The Morgan fingerprint density at radius 1 is 0.951 bits per heavy atom. The molecule has 1 amide bonds. The van der Waals surface area contributed by atoms with Gasteiger partial charge in [-0.25, -0.2) is 15.0 Å². The lowest BCUT2D eigenvalue weighted by Crippen LogP contribution is -2.14. The maximum atomic E-state index is 13.2. The Labute approximate surface area is 237 Å². The molecule has 2 aromatic heterocycles. The molecule has 0 spiro atoms. The van der Waals surface area contributed by atoms with Crippen LogP contribution in [0.5, 0.6) is 5.75 Å². The monoisotopic (exact) mass is 575 g/mol. The number of amides is 1. The highest BCUT2D eigenvalue weighted by atomic mass is 32.2. The van der Waals surface area contributed by atoms with E-state index in [0.717, 1.165) is 27.6 Å². The van der Waals surface area contributed by atoms with Gasteiger partial charge in [0.25, 0.3) is 5.91 Å². The molecule has 2 heterocycles. The molecular formula is C30H24F3N5O2S. The third kappa shape index (κ3) is 6.58. The van der Waals surface area contributed by atoms with E-state index in [1.165, 1.54) is 30.2 Å². The van der Waals surface area contributed by atoms with Crippen molar-refractivity contribution >= 4 is 45.9 Å². The predicted octanol–water partition coefficient (Wildman–Crippen LogP) is 8.02. The molecule has 0 radical (unpaired) electrons. The number of benzene rings is 3. The fraction of sp³-hybridized carbons (Fsp3) is 0.133. The van der Waals surface area contributed by atoms with Crippen LogP contribution in [0.25, 0.3) is 11.0 Å². The number of halogens is 3. The van der Waals surface area contributed by atoms with E-state index in [2.05, 4.69) is 25.6 Å². The van der Waals surface area contributed by atoms with Gasteiger partial charge >= 0.3 is 6.18 Å². The SMILES string of the molecule is CC(C)c1ccc2c(Nc3cc(NC(=O)c4cccc(C(F)(F)F)c4)ccc3Sc3ccc(O)cc3)ncnc2n1. The molecule has 3 aromatic carbocycles. The highest BCUT2D eigenvalue weighted by molar-refractivity contribution is 7.99. The molecule has 11 heteroatoms. The van der Waals surface area contributed by atoms with Gasteiger partial charge in [0.1, 0.15) is 17.9 Å². The van der Waals surface area contributed by atoms with Crippen LogP contribution in [0.2, 0.25) is 0 Å². The van der Waals surface area contributed by atoms with Crippen LogP contribution in [0.15, 0.2) is 95.0 Å². The molecule has 0 saturated carbocycles. The molecule has 0 bridgehead atoms. The van der Waals surface area contributed by atoms with Crippen molar-refractivity contribution in [3.8, 4) is 5.75 Å². The van der Waals surface area contributed by atoms with E-state index in [-0.39, 0.29) is 17.2 Å². The number of rotatable bonds is 7. The number of pyridine rings is 1. The first kappa shape index (κ1) is 27.9. The van der Waals surface area contributed by atoms with Crippen molar-refractivity contribution in [1.29, 1.82) is 0 Å². The Hall–Kier alpha value is -4.64. The minimum Gasteiger partial charge on any atom is -0.508 e. The van der Waals surface area contributed by atoms with Crippen LogP contribution in [-0.4, -0.2) is 26.0 Å². The van der Waals surface area contributed by atoms with Crippen molar-refractivity contribution in [2.45, 2.75) is 35.7 Å². The van der Waals surface area contributed by atoms with Crippen molar-refractivity contribution in [3.05, 3.63) is 102 Å².